The number of hydrogen-bond acceptors (Lipinski definition) is 4. The number of benzene rings is 1. The topological polar surface area (TPSA) is 57.9 Å². The molecule has 0 radical (unpaired) electrons. The second kappa shape index (κ2) is 12.1. The van der Waals surface area contributed by atoms with Gasteiger partial charge in [-0.15, -0.1) is 24.0 Å². The number of halogens is 1. The van der Waals surface area contributed by atoms with Crippen LogP contribution in [0.1, 0.15) is 29.9 Å². The van der Waals surface area contributed by atoms with Crippen molar-refractivity contribution >= 4 is 29.9 Å². The first-order valence-corrected chi connectivity index (χ1v) is 10.4. The third-order valence-electron chi connectivity index (χ3n) is 5.29. The lowest BCUT2D eigenvalue weighted by atomic mass is 10.0. The van der Waals surface area contributed by atoms with Crippen molar-refractivity contribution in [3.05, 3.63) is 47.8 Å². The Morgan fingerprint density at radius 3 is 2.70 bits per heavy atom. The van der Waals surface area contributed by atoms with E-state index < -0.39 is 0 Å². The minimum atomic E-state index is 0. The summed E-state index contributed by atoms with van der Waals surface area (Å²) in [6.07, 6.45) is 6.26. The van der Waals surface area contributed by atoms with Crippen LogP contribution >= 0.6 is 24.0 Å². The summed E-state index contributed by atoms with van der Waals surface area (Å²) in [5.41, 5.74) is 2.53. The lowest BCUT2D eigenvalue weighted by molar-refractivity contribution is 0.281. The van der Waals surface area contributed by atoms with Crippen LogP contribution in [-0.2, 0) is 13.6 Å². The number of nitrogens with zero attached hydrogens (tertiary/aromatic N) is 5. The number of likely N-dealkylation sites (tertiary alicyclic amines) is 1. The number of aromatic nitrogens is 2. The molecule has 0 amide bonds. The van der Waals surface area contributed by atoms with Gasteiger partial charge in [-0.2, -0.15) is 5.10 Å². The van der Waals surface area contributed by atoms with E-state index in [0.29, 0.717) is 5.92 Å². The van der Waals surface area contributed by atoms with Gasteiger partial charge in [0, 0.05) is 52.4 Å². The first kappa shape index (κ1) is 24.5. The number of rotatable bonds is 8. The number of ether oxygens (including phenoxy) is 1. The highest BCUT2D eigenvalue weighted by Crippen LogP contribution is 2.26. The molecule has 7 nitrogen and oxygen atoms in total. The Morgan fingerprint density at radius 2 is 2.07 bits per heavy atom. The fourth-order valence-corrected chi connectivity index (χ4v) is 3.66. The fourth-order valence-electron chi connectivity index (χ4n) is 3.66. The Labute approximate surface area is 197 Å². The van der Waals surface area contributed by atoms with Gasteiger partial charge in [0.25, 0.3) is 0 Å². The second-order valence-electron chi connectivity index (χ2n) is 7.93. The zero-order valence-electron chi connectivity index (χ0n) is 18.5. The van der Waals surface area contributed by atoms with E-state index in [4.69, 9.17) is 4.74 Å². The highest BCUT2D eigenvalue weighted by atomic mass is 127. The molecule has 166 valence electrons. The third-order valence-corrected chi connectivity index (χ3v) is 5.29. The fraction of sp³-hybridized carbons (Fsp3) is 0.545. The predicted octanol–water partition coefficient (Wildman–Crippen LogP) is 2.93. The number of hydrogen-bond donors (Lipinski definition) is 1. The van der Waals surface area contributed by atoms with Gasteiger partial charge >= 0.3 is 0 Å². The lowest BCUT2D eigenvalue weighted by Gasteiger charge is -2.21. The van der Waals surface area contributed by atoms with E-state index in [0.717, 1.165) is 57.3 Å². The minimum absolute atomic E-state index is 0. The van der Waals surface area contributed by atoms with Crippen molar-refractivity contribution in [3.63, 3.8) is 0 Å². The monoisotopic (exact) mass is 526 g/mol. The normalized spacial score (nSPS) is 16.6. The van der Waals surface area contributed by atoms with E-state index in [9.17, 15) is 0 Å². The van der Waals surface area contributed by atoms with Crippen molar-refractivity contribution < 1.29 is 4.74 Å². The molecule has 3 rings (SSSR count). The Kier molecular flexibility index (Phi) is 9.90. The van der Waals surface area contributed by atoms with Crippen LogP contribution in [0, 0.1) is 0 Å². The highest BCUT2D eigenvalue weighted by Gasteiger charge is 2.26. The third kappa shape index (κ3) is 7.16. The smallest absolute Gasteiger partial charge is 0.193 e. The van der Waals surface area contributed by atoms with Gasteiger partial charge in [0.15, 0.2) is 5.96 Å². The van der Waals surface area contributed by atoms with E-state index in [1.54, 1.807) is 0 Å². The Balaban J connectivity index is 0.00000320. The molecule has 8 heteroatoms. The van der Waals surface area contributed by atoms with Crippen LogP contribution < -0.4 is 10.1 Å². The number of aryl methyl sites for hydroxylation is 1. The molecular formula is C22H35IN6O. The average Bonchev–Trinajstić information content (AvgIpc) is 3.36. The van der Waals surface area contributed by atoms with Gasteiger partial charge in [-0.05, 0) is 50.2 Å². The molecule has 1 atom stereocenters. The quantitative estimate of drug-likeness (QED) is 0.248. The van der Waals surface area contributed by atoms with Crippen LogP contribution in [0.5, 0.6) is 5.75 Å². The molecule has 0 aliphatic carbocycles. The molecule has 2 heterocycles. The number of guanidine groups is 1. The summed E-state index contributed by atoms with van der Waals surface area (Å²) in [5, 5.41) is 7.80. The van der Waals surface area contributed by atoms with E-state index in [1.807, 2.05) is 37.1 Å². The summed E-state index contributed by atoms with van der Waals surface area (Å²) in [6, 6.07) is 8.32. The Morgan fingerprint density at radius 1 is 1.30 bits per heavy atom. The van der Waals surface area contributed by atoms with Crippen molar-refractivity contribution in [2.75, 3.05) is 47.4 Å². The SMILES string of the molecule is CN=C(NCc1ccc(OCCCN(C)C)cc1)N1CCC(c2cnn(C)c2)C1.I. The van der Waals surface area contributed by atoms with Crippen molar-refractivity contribution in [2.45, 2.75) is 25.3 Å². The summed E-state index contributed by atoms with van der Waals surface area (Å²) in [4.78, 5) is 8.99. The van der Waals surface area contributed by atoms with Crippen molar-refractivity contribution in [1.82, 2.24) is 24.9 Å². The molecule has 1 aromatic heterocycles. The van der Waals surface area contributed by atoms with Crippen molar-refractivity contribution in [2.24, 2.45) is 12.0 Å². The first-order valence-electron chi connectivity index (χ1n) is 10.4. The second-order valence-corrected chi connectivity index (χ2v) is 7.93. The Hall–Kier alpha value is -1.81. The number of aliphatic imine (C=N–C) groups is 1. The molecule has 0 saturated carbocycles. The van der Waals surface area contributed by atoms with Gasteiger partial charge in [-0.1, -0.05) is 12.1 Å². The molecule has 1 aromatic carbocycles. The molecule has 1 unspecified atom stereocenters. The van der Waals surface area contributed by atoms with Gasteiger partial charge in [-0.25, -0.2) is 0 Å². The van der Waals surface area contributed by atoms with Crippen LogP contribution in [0.2, 0.25) is 0 Å². The van der Waals surface area contributed by atoms with E-state index in [1.165, 1.54) is 11.1 Å². The molecule has 1 aliphatic heterocycles. The summed E-state index contributed by atoms with van der Waals surface area (Å²) >= 11 is 0. The van der Waals surface area contributed by atoms with Crippen LogP contribution in [0.15, 0.2) is 41.7 Å². The van der Waals surface area contributed by atoms with Gasteiger partial charge in [0.2, 0.25) is 0 Å². The predicted molar refractivity (Wildman–Crippen MR) is 133 cm³/mol. The van der Waals surface area contributed by atoms with Gasteiger partial charge in [0.1, 0.15) is 5.75 Å². The average molecular weight is 526 g/mol. The van der Waals surface area contributed by atoms with Crippen molar-refractivity contribution in [1.29, 1.82) is 0 Å². The molecule has 1 N–H and O–H groups in total. The van der Waals surface area contributed by atoms with Crippen LogP contribution in [0.3, 0.4) is 0 Å². The minimum Gasteiger partial charge on any atom is -0.494 e. The van der Waals surface area contributed by atoms with Crippen LogP contribution in [-0.4, -0.2) is 72.9 Å². The van der Waals surface area contributed by atoms with Gasteiger partial charge < -0.3 is 19.9 Å². The maximum absolute atomic E-state index is 5.81. The zero-order chi connectivity index (χ0) is 20.6. The maximum Gasteiger partial charge on any atom is 0.193 e. The molecule has 2 aromatic rings. The van der Waals surface area contributed by atoms with Crippen molar-refractivity contribution in [3.8, 4) is 5.75 Å². The summed E-state index contributed by atoms with van der Waals surface area (Å²) in [7, 11) is 7.98. The molecule has 1 saturated heterocycles. The maximum atomic E-state index is 5.81. The summed E-state index contributed by atoms with van der Waals surface area (Å²) in [6.45, 7) is 4.53. The van der Waals surface area contributed by atoms with Gasteiger partial charge in [-0.3, -0.25) is 9.67 Å². The van der Waals surface area contributed by atoms with Crippen LogP contribution in [0.4, 0.5) is 0 Å². The lowest BCUT2D eigenvalue weighted by Crippen LogP contribution is -2.39. The van der Waals surface area contributed by atoms with E-state index in [2.05, 4.69) is 57.6 Å². The zero-order valence-corrected chi connectivity index (χ0v) is 20.9. The molecule has 0 bridgehead atoms. The molecule has 1 aliphatic rings. The van der Waals surface area contributed by atoms with E-state index in [-0.39, 0.29) is 24.0 Å². The standard InChI is InChI=1S/C22H34N6O.HI/c1-23-22(28-12-10-19(17-28)20-15-25-27(4)16-20)24-14-18-6-8-21(9-7-18)29-13-5-11-26(2)3;/h6-9,15-16,19H,5,10-14,17H2,1-4H3,(H,23,24);1H. The summed E-state index contributed by atoms with van der Waals surface area (Å²) in [5.74, 6) is 2.40. The van der Waals surface area contributed by atoms with Gasteiger partial charge in [0.05, 0.1) is 12.8 Å². The number of nitrogens with one attached hydrogen (secondary N) is 1. The van der Waals surface area contributed by atoms with E-state index >= 15 is 0 Å². The van der Waals surface area contributed by atoms with Crippen LogP contribution in [0.25, 0.3) is 0 Å². The highest BCUT2D eigenvalue weighted by molar-refractivity contribution is 14.0. The molecule has 30 heavy (non-hydrogen) atoms. The molecule has 0 spiro atoms. The first-order chi connectivity index (χ1) is 14.0. The molecule has 1 fully saturated rings. The Bertz CT molecular complexity index is 789. The largest absolute Gasteiger partial charge is 0.494 e. The molecular weight excluding hydrogens is 491 g/mol. The summed E-state index contributed by atoms with van der Waals surface area (Å²) < 4.78 is 7.68.